The number of sulfonamides is 1. The third kappa shape index (κ3) is 5.51. The monoisotopic (exact) mass is 535 g/mol. The number of hydrogen-bond acceptors (Lipinski definition) is 7. The topological polar surface area (TPSA) is 95.5 Å². The van der Waals surface area contributed by atoms with Crippen molar-refractivity contribution >= 4 is 44.4 Å². The number of aromatic nitrogens is 2. The van der Waals surface area contributed by atoms with E-state index in [2.05, 4.69) is 50.4 Å². The molecule has 2 atom stereocenters. The molecule has 1 aliphatic heterocycles. The molecule has 10 heteroatoms. The van der Waals surface area contributed by atoms with Gasteiger partial charge in [0, 0.05) is 31.4 Å². The van der Waals surface area contributed by atoms with E-state index in [0.717, 1.165) is 23.0 Å². The molecule has 0 saturated carbocycles. The van der Waals surface area contributed by atoms with Crippen LogP contribution in [-0.2, 0) is 21.2 Å². The van der Waals surface area contributed by atoms with Crippen LogP contribution >= 0.6 is 11.7 Å². The summed E-state index contributed by atoms with van der Waals surface area (Å²) in [6, 6.07) is 21.8. The normalized spacial score (nSPS) is 17.2. The Bertz CT molecular complexity index is 1510. The number of benzene rings is 3. The Balaban J connectivity index is 1.39. The molecule has 3 aromatic carbocycles. The molecule has 1 saturated heterocycles. The van der Waals surface area contributed by atoms with E-state index < -0.39 is 16.1 Å². The van der Waals surface area contributed by atoms with Crippen LogP contribution in [0.5, 0.6) is 0 Å². The highest BCUT2D eigenvalue weighted by atomic mass is 32.2. The fourth-order valence-electron chi connectivity index (χ4n) is 4.85. The van der Waals surface area contributed by atoms with Crippen LogP contribution in [0.25, 0.3) is 11.0 Å². The second kappa shape index (κ2) is 10.6. The third-order valence-corrected chi connectivity index (χ3v) is 8.73. The molecule has 192 valence electrons. The summed E-state index contributed by atoms with van der Waals surface area (Å²) in [5.41, 5.74) is 4.02. The lowest BCUT2D eigenvalue weighted by molar-refractivity contribution is -0.133. The number of carbonyl (C=O) groups excluding carboxylic acids is 1. The molecule has 37 heavy (non-hydrogen) atoms. The molecule has 1 N–H and O–H groups in total. The van der Waals surface area contributed by atoms with Gasteiger partial charge in [-0.3, -0.25) is 4.79 Å². The van der Waals surface area contributed by atoms with Crippen molar-refractivity contribution in [2.24, 2.45) is 0 Å². The third-order valence-electron chi connectivity index (χ3n) is 6.69. The van der Waals surface area contributed by atoms with Crippen molar-refractivity contribution in [1.29, 1.82) is 0 Å². The maximum atomic E-state index is 13.8. The van der Waals surface area contributed by atoms with Gasteiger partial charge in [0.05, 0.1) is 11.7 Å². The molecule has 4 aromatic rings. The number of piperazine rings is 1. The zero-order valence-electron chi connectivity index (χ0n) is 20.7. The lowest BCUT2D eigenvalue weighted by Crippen LogP contribution is -2.58. The van der Waals surface area contributed by atoms with E-state index in [-0.39, 0.29) is 23.3 Å². The molecule has 5 rings (SSSR count). The van der Waals surface area contributed by atoms with Gasteiger partial charge >= 0.3 is 0 Å². The molecule has 1 fully saturated rings. The van der Waals surface area contributed by atoms with Gasteiger partial charge in [-0.05, 0) is 55.7 Å². The van der Waals surface area contributed by atoms with Gasteiger partial charge in [0.15, 0.2) is 0 Å². The number of rotatable bonds is 7. The molecule has 1 aromatic heterocycles. The summed E-state index contributed by atoms with van der Waals surface area (Å²) in [4.78, 5) is 17.9. The predicted molar refractivity (Wildman–Crippen MR) is 146 cm³/mol. The molecule has 8 nitrogen and oxygen atoms in total. The summed E-state index contributed by atoms with van der Waals surface area (Å²) in [7, 11) is -4.04. The van der Waals surface area contributed by atoms with Crippen molar-refractivity contribution in [3.8, 4) is 0 Å². The number of hydrogen-bond donors (Lipinski definition) is 1. The Morgan fingerprint density at radius 3 is 2.59 bits per heavy atom. The highest BCUT2D eigenvalue weighted by Crippen LogP contribution is 2.24. The van der Waals surface area contributed by atoms with E-state index in [1.807, 2.05) is 36.4 Å². The van der Waals surface area contributed by atoms with Crippen molar-refractivity contribution in [1.82, 2.24) is 18.4 Å². The van der Waals surface area contributed by atoms with Gasteiger partial charge in [-0.15, -0.1) is 0 Å². The van der Waals surface area contributed by atoms with Crippen molar-refractivity contribution in [3.63, 3.8) is 0 Å². The summed E-state index contributed by atoms with van der Waals surface area (Å²) < 4.78 is 38.1. The smallest absolute Gasteiger partial charge is 0.243 e. The Kier molecular flexibility index (Phi) is 7.23. The number of fused-ring (bicyclic) bond motifs is 1. The molecule has 1 aliphatic rings. The Morgan fingerprint density at radius 1 is 1.05 bits per heavy atom. The van der Waals surface area contributed by atoms with E-state index in [1.54, 1.807) is 17.0 Å². The Morgan fingerprint density at radius 2 is 1.84 bits per heavy atom. The van der Waals surface area contributed by atoms with Crippen LogP contribution in [0.3, 0.4) is 0 Å². The van der Waals surface area contributed by atoms with Crippen LogP contribution in [0.1, 0.15) is 18.1 Å². The molecule has 0 radical (unpaired) electrons. The standard InChI is InChI=1S/C27H29N5O3S2/c1-19-8-6-11-22(16-19)32-15-14-31(18-20(32)2)27(33)24(17-21-9-4-3-5-10-21)30-37(34,35)25-13-7-12-23-26(25)29-36-28-23/h3-13,16,20,24,30H,14-15,17-18H2,1-2H3/t20-,24+/m1/s1. The molecule has 2 heterocycles. The van der Waals surface area contributed by atoms with E-state index in [4.69, 9.17) is 0 Å². The lowest BCUT2D eigenvalue weighted by atomic mass is 10.0. The number of anilines is 1. The minimum absolute atomic E-state index is 0.0299. The van der Waals surface area contributed by atoms with E-state index in [0.29, 0.717) is 30.7 Å². The van der Waals surface area contributed by atoms with Crippen LogP contribution < -0.4 is 9.62 Å². The fourth-order valence-corrected chi connectivity index (χ4v) is 6.80. The quantitative estimate of drug-likeness (QED) is 0.388. The summed E-state index contributed by atoms with van der Waals surface area (Å²) >= 11 is 0.961. The second-order valence-electron chi connectivity index (χ2n) is 9.42. The SMILES string of the molecule is Cc1cccc(N2CCN(C(=O)[C@H](Cc3ccccc3)NS(=O)(=O)c3cccc4nsnc34)C[C@H]2C)c1. The van der Waals surface area contributed by atoms with Crippen LogP contribution in [0, 0.1) is 6.92 Å². The zero-order valence-corrected chi connectivity index (χ0v) is 22.4. The number of nitrogens with one attached hydrogen (secondary N) is 1. The maximum Gasteiger partial charge on any atom is 0.243 e. The number of nitrogens with zero attached hydrogens (tertiary/aromatic N) is 4. The van der Waals surface area contributed by atoms with Gasteiger partial charge in [-0.2, -0.15) is 13.5 Å². The molecule has 0 aliphatic carbocycles. The molecule has 1 amide bonds. The first-order chi connectivity index (χ1) is 17.8. The average molecular weight is 536 g/mol. The van der Waals surface area contributed by atoms with Gasteiger partial charge in [-0.25, -0.2) is 8.42 Å². The summed E-state index contributed by atoms with van der Waals surface area (Å²) in [6.45, 7) is 5.84. The van der Waals surface area contributed by atoms with Crippen molar-refractivity contribution in [2.75, 3.05) is 24.5 Å². The predicted octanol–water partition coefficient (Wildman–Crippen LogP) is 3.63. The van der Waals surface area contributed by atoms with Gasteiger partial charge in [0.25, 0.3) is 0 Å². The molecular weight excluding hydrogens is 506 g/mol. The van der Waals surface area contributed by atoms with Crippen molar-refractivity contribution in [2.45, 2.75) is 37.2 Å². The van der Waals surface area contributed by atoms with E-state index in [1.165, 1.54) is 11.6 Å². The lowest BCUT2D eigenvalue weighted by Gasteiger charge is -2.42. The first kappa shape index (κ1) is 25.3. The number of amides is 1. The molecule has 0 bridgehead atoms. The molecule has 0 spiro atoms. The van der Waals surface area contributed by atoms with Gasteiger partial charge in [-0.1, -0.05) is 48.5 Å². The molecular formula is C27H29N5O3S2. The highest BCUT2D eigenvalue weighted by molar-refractivity contribution is 7.89. The first-order valence-corrected chi connectivity index (χ1v) is 14.4. The fraction of sp³-hybridized carbons (Fsp3) is 0.296. The van der Waals surface area contributed by atoms with Gasteiger partial charge < -0.3 is 9.80 Å². The van der Waals surface area contributed by atoms with Crippen molar-refractivity contribution < 1.29 is 13.2 Å². The first-order valence-electron chi connectivity index (χ1n) is 12.2. The number of aryl methyl sites for hydroxylation is 1. The van der Waals surface area contributed by atoms with Gasteiger partial charge in [0.2, 0.25) is 15.9 Å². The molecule has 0 unspecified atom stereocenters. The van der Waals surface area contributed by atoms with E-state index >= 15 is 0 Å². The minimum Gasteiger partial charge on any atom is -0.365 e. The van der Waals surface area contributed by atoms with Crippen LogP contribution in [-0.4, -0.2) is 59.7 Å². The average Bonchev–Trinajstić information content (AvgIpc) is 3.37. The second-order valence-corrected chi connectivity index (χ2v) is 11.6. The number of carbonyl (C=O) groups is 1. The van der Waals surface area contributed by atoms with E-state index in [9.17, 15) is 13.2 Å². The zero-order chi connectivity index (χ0) is 26.0. The van der Waals surface area contributed by atoms with Crippen LogP contribution in [0.4, 0.5) is 5.69 Å². The maximum absolute atomic E-state index is 13.8. The minimum atomic E-state index is -4.04. The Labute approximate surface area is 221 Å². The largest absolute Gasteiger partial charge is 0.365 e. The summed E-state index contributed by atoms with van der Waals surface area (Å²) in [5.74, 6) is -0.230. The Hall–Kier alpha value is -3.34. The van der Waals surface area contributed by atoms with Crippen LogP contribution in [0.15, 0.2) is 77.7 Å². The summed E-state index contributed by atoms with van der Waals surface area (Å²) in [5, 5.41) is 0. The van der Waals surface area contributed by atoms with Gasteiger partial charge in [0.1, 0.15) is 22.0 Å². The summed E-state index contributed by atoms with van der Waals surface area (Å²) in [6.07, 6.45) is 0.247. The van der Waals surface area contributed by atoms with Crippen LogP contribution in [0.2, 0.25) is 0 Å². The van der Waals surface area contributed by atoms with Crippen molar-refractivity contribution in [3.05, 3.63) is 83.9 Å². The highest BCUT2D eigenvalue weighted by Gasteiger charge is 2.34.